The number of likely N-dealkylation sites (N-methyl/N-ethyl adjacent to an activating group) is 1. The van der Waals surface area contributed by atoms with E-state index < -0.39 is 33.8 Å². The van der Waals surface area contributed by atoms with Crippen LogP contribution < -0.4 is 5.32 Å². The van der Waals surface area contributed by atoms with E-state index >= 15 is 0 Å². The van der Waals surface area contributed by atoms with Crippen molar-refractivity contribution >= 4 is 39.7 Å². The van der Waals surface area contributed by atoms with Crippen LogP contribution in [-0.4, -0.2) is 71.2 Å². The number of amides is 1. The van der Waals surface area contributed by atoms with Gasteiger partial charge in [0.25, 0.3) is 0 Å². The van der Waals surface area contributed by atoms with Crippen LogP contribution in [-0.2, 0) is 17.1 Å². The Hall–Kier alpha value is 0.178. The minimum Gasteiger partial charge on any atom is -0.417 e. The van der Waals surface area contributed by atoms with Crippen LogP contribution >= 0.6 is 0 Å². The molecular weight excluding hydrogens is 445 g/mol. The lowest BCUT2D eigenvalue weighted by Gasteiger charge is -2.43. The Morgan fingerprint density at radius 3 is 1.60 bits per heavy atom. The van der Waals surface area contributed by atoms with Gasteiger partial charge >= 0.3 is 8.80 Å². The van der Waals surface area contributed by atoms with Crippen LogP contribution in [0.1, 0.15) is 32.6 Å². The van der Waals surface area contributed by atoms with Gasteiger partial charge in [0.1, 0.15) is 0 Å². The molecular formula is C20H50N2O4Si4. The second-order valence-corrected chi connectivity index (χ2v) is 28.3. The number of nitrogens with one attached hydrogen (secondary N) is 1. The van der Waals surface area contributed by atoms with Gasteiger partial charge in [-0.3, -0.25) is 9.69 Å². The molecule has 0 aromatic carbocycles. The molecule has 10 heteroatoms. The number of carbonyl (C=O) groups excluding carboxylic acids is 1. The van der Waals surface area contributed by atoms with E-state index in [1.165, 1.54) is 0 Å². The number of rotatable bonds is 15. The van der Waals surface area contributed by atoms with Gasteiger partial charge < -0.3 is 17.7 Å². The van der Waals surface area contributed by atoms with Crippen molar-refractivity contribution in [3.63, 3.8) is 0 Å². The summed E-state index contributed by atoms with van der Waals surface area (Å²) in [6.45, 7) is 22.6. The molecule has 1 N–H and O–H groups in total. The first-order chi connectivity index (χ1) is 13.4. The highest BCUT2D eigenvalue weighted by molar-refractivity contribution is 6.90. The van der Waals surface area contributed by atoms with Crippen LogP contribution in [0.2, 0.25) is 65.0 Å². The molecule has 0 rings (SSSR count). The molecule has 0 aliphatic rings. The second-order valence-electron chi connectivity index (χ2n) is 11.3. The van der Waals surface area contributed by atoms with Crippen molar-refractivity contribution in [3.05, 3.63) is 0 Å². The first-order valence-electron chi connectivity index (χ1n) is 11.4. The summed E-state index contributed by atoms with van der Waals surface area (Å²) < 4.78 is 20.1. The minimum absolute atomic E-state index is 0.0679. The van der Waals surface area contributed by atoms with Gasteiger partial charge in [-0.2, -0.15) is 0 Å². The molecule has 0 aliphatic carbocycles. The maximum absolute atomic E-state index is 12.7. The fraction of sp³-hybridized carbons (Fsp3) is 0.950. The molecule has 0 spiro atoms. The molecule has 0 saturated carbocycles. The molecule has 0 fully saturated rings. The highest BCUT2D eigenvalue weighted by atomic mass is 28.5. The lowest BCUT2D eigenvalue weighted by molar-refractivity contribution is -0.125. The van der Waals surface area contributed by atoms with Crippen LogP contribution in [0, 0.1) is 0 Å². The van der Waals surface area contributed by atoms with E-state index in [-0.39, 0.29) is 11.9 Å². The second kappa shape index (κ2) is 12.4. The first kappa shape index (κ1) is 30.2. The molecule has 1 unspecified atom stereocenters. The maximum atomic E-state index is 12.7. The molecule has 30 heavy (non-hydrogen) atoms. The van der Waals surface area contributed by atoms with E-state index in [9.17, 15) is 4.79 Å². The number of unbranched alkanes of at least 4 members (excludes halogenated alkanes) is 1. The summed E-state index contributed by atoms with van der Waals surface area (Å²) in [5.41, 5.74) is 0. The zero-order chi connectivity index (χ0) is 23.8. The van der Waals surface area contributed by atoms with E-state index in [2.05, 4.69) is 71.2 Å². The van der Waals surface area contributed by atoms with Gasteiger partial charge in [-0.1, -0.05) is 19.8 Å². The predicted molar refractivity (Wildman–Crippen MR) is 138 cm³/mol. The van der Waals surface area contributed by atoms with Gasteiger partial charge in [0.2, 0.25) is 5.91 Å². The van der Waals surface area contributed by atoms with Gasteiger partial charge in [0, 0.05) is 12.6 Å². The molecule has 1 atom stereocenters. The van der Waals surface area contributed by atoms with Gasteiger partial charge in [0.05, 0.1) is 6.04 Å². The molecule has 0 aromatic rings. The summed E-state index contributed by atoms with van der Waals surface area (Å²) in [7, 11) is -4.45. The third-order valence-electron chi connectivity index (χ3n) is 4.10. The number of hydrogen-bond donors (Lipinski definition) is 1. The summed E-state index contributed by atoms with van der Waals surface area (Å²) in [4.78, 5) is 14.7. The largest absolute Gasteiger partial charge is 0.469 e. The Bertz CT molecular complexity index is 474. The summed E-state index contributed by atoms with van der Waals surface area (Å²) in [5.74, 6) is 0.115. The van der Waals surface area contributed by atoms with Gasteiger partial charge in [-0.25, -0.2) is 0 Å². The normalized spacial score (nSPS) is 14.8. The smallest absolute Gasteiger partial charge is 0.417 e. The zero-order valence-corrected chi connectivity index (χ0v) is 25.9. The van der Waals surface area contributed by atoms with Crippen molar-refractivity contribution in [1.82, 2.24) is 10.2 Å². The lowest BCUT2D eigenvalue weighted by Crippen LogP contribution is -2.60. The van der Waals surface area contributed by atoms with Gasteiger partial charge in [-0.15, -0.1) is 0 Å². The van der Waals surface area contributed by atoms with Crippen LogP contribution in [0.3, 0.4) is 0 Å². The van der Waals surface area contributed by atoms with E-state index in [1.54, 1.807) is 0 Å². The SMILES string of the molecule is CCCCC(C(=O)NCCC[Si](O[Si](C)(C)C)(O[Si](C)(C)C)O[Si](C)(C)C)N(C)C. The Balaban J connectivity index is 5.25. The molecule has 6 nitrogen and oxygen atoms in total. The van der Waals surface area contributed by atoms with E-state index in [0.29, 0.717) is 6.54 Å². The van der Waals surface area contributed by atoms with Crippen LogP contribution in [0.4, 0.5) is 0 Å². The molecule has 0 aromatic heterocycles. The Kier molecular flexibility index (Phi) is 12.5. The third kappa shape index (κ3) is 14.3. The third-order valence-corrected chi connectivity index (χ3v) is 16.1. The highest BCUT2D eigenvalue weighted by Gasteiger charge is 2.49. The number of carbonyl (C=O) groups is 1. The average Bonchev–Trinajstić information content (AvgIpc) is 2.46. The van der Waals surface area contributed by atoms with Crippen LogP contribution in [0.15, 0.2) is 0 Å². The predicted octanol–water partition coefficient (Wildman–Crippen LogP) is 5.11. The van der Waals surface area contributed by atoms with Crippen molar-refractivity contribution in [2.75, 3.05) is 20.6 Å². The fourth-order valence-electron chi connectivity index (χ4n) is 3.27. The van der Waals surface area contributed by atoms with Crippen molar-refractivity contribution < 1.29 is 17.1 Å². The van der Waals surface area contributed by atoms with Crippen molar-refractivity contribution in [1.29, 1.82) is 0 Å². The fourth-order valence-corrected chi connectivity index (χ4v) is 17.9. The molecule has 0 bridgehead atoms. The van der Waals surface area contributed by atoms with Crippen LogP contribution in [0.5, 0.6) is 0 Å². The van der Waals surface area contributed by atoms with Gasteiger partial charge in [0.15, 0.2) is 25.0 Å². The van der Waals surface area contributed by atoms with Crippen LogP contribution in [0.25, 0.3) is 0 Å². The molecule has 1 amide bonds. The Morgan fingerprint density at radius 2 is 1.27 bits per heavy atom. The molecule has 180 valence electrons. The number of nitrogens with zero attached hydrogens (tertiary/aromatic N) is 1. The zero-order valence-electron chi connectivity index (χ0n) is 21.9. The first-order valence-corrected chi connectivity index (χ1v) is 23.6. The topological polar surface area (TPSA) is 60.0 Å². The molecule has 0 aliphatic heterocycles. The van der Waals surface area contributed by atoms with E-state index in [1.807, 2.05) is 19.0 Å². The van der Waals surface area contributed by atoms with Crippen molar-refractivity contribution in [2.24, 2.45) is 0 Å². The lowest BCUT2D eigenvalue weighted by atomic mass is 10.1. The summed E-state index contributed by atoms with van der Waals surface area (Å²) in [6, 6.07) is 0.690. The quantitative estimate of drug-likeness (QED) is 0.253. The maximum Gasteiger partial charge on any atom is 0.469 e. The van der Waals surface area contributed by atoms with Gasteiger partial charge in [-0.05, 0) is 85.9 Å². The highest BCUT2D eigenvalue weighted by Crippen LogP contribution is 2.29. The molecule has 0 heterocycles. The van der Waals surface area contributed by atoms with E-state index in [4.69, 9.17) is 12.3 Å². The molecule has 0 saturated heterocycles. The summed E-state index contributed by atoms with van der Waals surface area (Å²) in [6.07, 6.45) is 3.86. The minimum atomic E-state index is -2.82. The molecule has 0 radical (unpaired) electrons. The summed E-state index contributed by atoms with van der Waals surface area (Å²) in [5, 5.41) is 3.14. The van der Waals surface area contributed by atoms with Crippen molar-refractivity contribution in [3.8, 4) is 0 Å². The standard InChI is InChI=1S/C20H50N2O4Si4/c1-13-14-16-19(22(2)3)20(23)21-17-15-18-30(24-27(4,5)6,25-28(7,8)9)26-29(10,11)12/h19H,13-18H2,1-12H3,(H,21,23). The Morgan fingerprint density at radius 1 is 0.833 bits per heavy atom. The monoisotopic (exact) mass is 494 g/mol. The number of hydrogen-bond acceptors (Lipinski definition) is 5. The van der Waals surface area contributed by atoms with E-state index in [0.717, 1.165) is 31.7 Å². The van der Waals surface area contributed by atoms with Crippen molar-refractivity contribution in [2.45, 2.75) is 104 Å². The average molecular weight is 495 g/mol. The summed E-state index contributed by atoms with van der Waals surface area (Å²) >= 11 is 0. The Labute approximate surface area is 191 Å².